The van der Waals surface area contributed by atoms with Crippen LogP contribution in [-0.4, -0.2) is 53.2 Å². The predicted octanol–water partition coefficient (Wildman–Crippen LogP) is 0.259. The number of nitrogens with zero attached hydrogens (tertiary/aromatic N) is 2. The van der Waals surface area contributed by atoms with Crippen molar-refractivity contribution in [3.05, 3.63) is 11.4 Å². The molecule has 100 valence electrons. The van der Waals surface area contributed by atoms with E-state index >= 15 is 0 Å². The van der Waals surface area contributed by atoms with Crippen molar-refractivity contribution in [2.24, 2.45) is 0 Å². The zero-order valence-electron chi connectivity index (χ0n) is 11.2. The molecule has 0 unspecified atom stereocenters. The molecule has 2 rings (SSSR count). The molecule has 1 aliphatic heterocycles. The number of nitrogens with one attached hydrogen (secondary N) is 3. The molecule has 6 heteroatoms. The van der Waals surface area contributed by atoms with Crippen LogP contribution < -0.4 is 10.6 Å². The third kappa shape index (κ3) is 3.08. The van der Waals surface area contributed by atoms with E-state index in [-0.39, 0.29) is 5.91 Å². The SMILES string of the molecule is Cc1n[nH]c(C)c1NC(=O)CN1CCN[C@H](C)C1. The maximum Gasteiger partial charge on any atom is 0.238 e. The van der Waals surface area contributed by atoms with Crippen LogP contribution in [0.3, 0.4) is 0 Å². The molecule has 1 aromatic heterocycles. The van der Waals surface area contributed by atoms with Gasteiger partial charge in [0, 0.05) is 25.7 Å². The van der Waals surface area contributed by atoms with Crippen LogP contribution in [0.5, 0.6) is 0 Å². The topological polar surface area (TPSA) is 73.0 Å². The first kappa shape index (κ1) is 13.0. The monoisotopic (exact) mass is 251 g/mol. The summed E-state index contributed by atoms with van der Waals surface area (Å²) in [4.78, 5) is 14.1. The molecular formula is C12H21N5O. The van der Waals surface area contributed by atoms with E-state index in [2.05, 4.69) is 32.7 Å². The van der Waals surface area contributed by atoms with Crippen LogP contribution in [0.2, 0.25) is 0 Å². The Morgan fingerprint density at radius 2 is 2.33 bits per heavy atom. The van der Waals surface area contributed by atoms with Crippen LogP contribution in [-0.2, 0) is 4.79 Å². The second-order valence-corrected chi connectivity index (χ2v) is 4.95. The van der Waals surface area contributed by atoms with Crippen molar-refractivity contribution >= 4 is 11.6 Å². The molecule has 1 fully saturated rings. The first-order valence-corrected chi connectivity index (χ1v) is 6.33. The fourth-order valence-corrected chi connectivity index (χ4v) is 2.27. The molecule has 1 aliphatic rings. The molecule has 0 saturated carbocycles. The van der Waals surface area contributed by atoms with Crippen LogP contribution in [0.4, 0.5) is 5.69 Å². The highest BCUT2D eigenvalue weighted by atomic mass is 16.2. The van der Waals surface area contributed by atoms with Gasteiger partial charge in [-0.2, -0.15) is 5.10 Å². The first-order valence-electron chi connectivity index (χ1n) is 6.33. The number of piperazine rings is 1. The van der Waals surface area contributed by atoms with E-state index in [0.29, 0.717) is 12.6 Å². The van der Waals surface area contributed by atoms with Gasteiger partial charge in [-0.25, -0.2) is 0 Å². The summed E-state index contributed by atoms with van der Waals surface area (Å²) in [5, 5.41) is 13.2. The number of H-pyrrole nitrogens is 1. The highest BCUT2D eigenvalue weighted by Crippen LogP contribution is 2.15. The lowest BCUT2D eigenvalue weighted by molar-refractivity contribution is -0.117. The highest BCUT2D eigenvalue weighted by Gasteiger charge is 2.19. The molecule has 0 spiro atoms. The molecule has 3 N–H and O–H groups in total. The zero-order chi connectivity index (χ0) is 13.1. The van der Waals surface area contributed by atoms with Crippen LogP contribution >= 0.6 is 0 Å². The van der Waals surface area contributed by atoms with Crippen molar-refractivity contribution in [1.29, 1.82) is 0 Å². The fraction of sp³-hybridized carbons (Fsp3) is 0.667. The van der Waals surface area contributed by atoms with Crippen molar-refractivity contribution in [3.8, 4) is 0 Å². The summed E-state index contributed by atoms with van der Waals surface area (Å²) in [5.74, 6) is 0.0247. The summed E-state index contributed by atoms with van der Waals surface area (Å²) in [7, 11) is 0. The standard InChI is InChI=1S/C12H21N5O/c1-8-6-17(5-4-13-8)7-11(18)14-12-9(2)15-16-10(12)3/h8,13H,4-7H2,1-3H3,(H,14,18)(H,15,16)/t8-/m1/s1. The molecule has 0 bridgehead atoms. The number of rotatable bonds is 3. The Bertz CT molecular complexity index is 409. The van der Waals surface area contributed by atoms with Crippen molar-refractivity contribution < 1.29 is 4.79 Å². The summed E-state index contributed by atoms with van der Waals surface area (Å²) in [5.41, 5.74) is 2.53. The molecule has 2 heterocycles. The first-order chi connectivity index (χ1) is 8.56. The molecule has 1 saturated heterocycles. The molecule has 0 aliphatic carbocycles. The van der Waals surface area contributed by atoms with Gasteiger partial charge >= 0.3 is 0 Å². The van der Waals surface area contributed by atoms with E-state index in [1.807, 2.05) is 13.8 Å². The van der Waals surface area contributed by atoms with Crippen molar-refractivity contribution in [1.82, 2.24) is 20.4 Å². The van der Waals surface area contributed by atoms with Gasteiger partial charge in [0.25, 0.3) is 0 Å². The molecular weight excluding hydrogens is 230 g/mol. The van der Waals surface area contributed by atoms with Gasteiger partial charge in [0.05, 0.1) is 23.6 Å². The largest absolute Gasteiger partial charge is 0.322 e. The summed E-state index contributed by atoms with van der Waals surface area (Å²) >= 11 is 0. The van der Waals surface area contributed by atoms with E-state index in [1.165, 1.54) is 0 Å². The Hall–Kier alpha value is -1.40. The van der Waals surface area contributed by atoms with Gasteiger partial charge < -0.3 is 10.6 Å². The van der Waals surface area contributed by atoms with E-state index < -0.39 is 0 Å². The van der Waals surface area contributed by atoms with E-state index in [9.17, 15) is 4.79 Å². The molecule has 1 aromatic rings. The highest BCUT2D eigenvalue weighted by molar-refractivity contribution is 5.93. The number of amides is 1. The summed E-state index contributed by atoms with van der Waals surface area (Å²) < 4.78 is 0. The van der Waals surface area contributed by atoms with E-state index in [4.69, 9.17) is 0 Å². The van der Waals surface area contributed by atoms with Gasteiger partial charge in [0.15, 0.2) is 0 Å². The van der Waals surface area contributed by atoms with Crippen LogP contribution in [0, 0.1) is 13.8 Å². The third-order valence-electron chi connectivity index (χ3n) is 3.21. The Balaban J connectivity index is 1.89. The lowest BCUT2D eigenvalue weighted by Crippen LogP contribution is -2.51. The Labute approximate surface area is 107 Å². The van der Waals surface area contributed by atoms with E-state index in [0.717, 1.165) is 36.7 Å². The number of aromatic amines is 1. The molecule has 1 atom stereocenters. The van der Waals surface area contributed by atoms with E-state index in [1.54, 1.807) is 0 Å². The zero-order valence-corrected chi connectivity index (χ0v) is 11.2. The number of carbonyl (C=O) groups excluding carboxylic acids is 1. The molecule has 18 heavy (non-hydrogen) atoms. The minimum Gasteiger partial charge on any atom is -0.322 e. The van der Waals surface area contributed by atoms with Crippen LogP contribution in [0.1, 0.15) is 18.3 Å². The lowest BCUT2D eigenvalue weighted by Gasteiger charge is -2.31. The van der Waals surface area contributed by atoms with Gasteiger partial charge in [-0.15, -0.1) is 0 Å². The van der Waals surface area contributed by atoms with Crippen molar-refractivity contribution in [3.63, 3.8) is 0 Å². The Morgan fingerprint density at radius 1 is 1.56 bits per heavy atom. The number of hydrogen-bond donors (Lipinski definition) is 3. The van der Waals surface area contributed by atoms with Crippen molar-refractivity contribution in [2.45, 2.75) is 26.8 Å². The number of aryl methyl sites for hydroxylation is 2. The third-order valence-corrected chi connectivity index (χ3v) is 3.21. The second-order valence-electron chi connectivity index (χ2n) is 4.95. The minimum absolute atomic E-state index is 0.0247. The van der Waals surface area contributed by atoms with Gasteiger partial charge in [0.1, 0.15) is 0 Å². The van der Waals surface area contributed by atoms with Gasteiger partial charge in [-0.1, -0.05) is 0 Å². The smallest absolute Gasteiger partial charge is 0.238 e. The summed E-state index contributed by atoms with van der Waals surface area (Å²) in [6, 6.07) is 0.448. The predicted molar refractivity (Wildman–Crippen MR) is 70.6 cm³/mol. The number of aromatic nitrogens is 2. The Kier molecular flexibility index (Phi) is 3.98. The average Bonchev–Trinajstić information content (AvgIpc) is 2.61. The summed E-state index contributed by atoms with van der Waals surface area (Å²) in [6.45, 7) is 9.13. The molecule has 6 nitrogen and oxygen atoms in total. The number of carbonyl (C=O) groups is 1. The summed E-state index contributed by atoms with van der Waals surface area (Å²) in [6.07, 6.45) is 0. The Morgan fingerprint density at radius 3 is 2.94 bits per heavy atom. The average molecular weight is 251 g/mol. The van der Waals surface area contributed by atoms with Gasteiger partial charge in [-0.3, -0.25) is 14.8 Å². The fourth-order valence-electron chi connectivity index (χ4n) is 2.27. The molecule has 0 aromatic carbocycles. The van der Waals surface area contributed by atoms with Crippen LogP contribution in [0.15, 0.2) is 0 Å². The maximum absolute atomic E-state index is 12.0. The number of hydrogen-bond acceptors (Lipinski definition) is 4. The second kappa shape index (κ2) is 5.49. The minimum atomic E-state index is 0.0247. The lowest BCUT2D eigenvalue weighted by atomic mass is 10.2. The molecule has 0 radical (unpaired) electrons. The maximum atomic E-state index is 12.0. The van der Waals surface area contributed by atoms with Gasteiger partial charge in [-0.05, 0) is 20.8 Å². The van der Waals surface area contributed by atoms with Gasteiger partial charge in [0.2, 0.25) is 5.91 Å². The van der Waals surface area contributed by atoms with Crippen molar-refractivity contribution in [2.75, 3.05) is 31.5 Å². The molecule has 1 amide bonds. The number of anilines is 1. The quantitative estimate of drug-likeness (QED) is 0.720. The normalized spacial score (nSPS) is 20.9. The van der Waals surface area contributed by atoms with Crippen LogP contribution in [0.25, 0.3) is 0 Å².